The van der Waals surface area contributed by atoms with Gasteiger partial charge in [0.25, 0.3) is 0 Å². The van der Waals surface area contributed by atoms with Gasteiger partial charge in [-0.25, -0.2) is 0 Å². The van der Waals surface area contributed by atoms with E-state index in [9.17, 15) is 0 Å². The Labute approximate surface area is 169 Å². The molecule has 0 aliphatic heterocycles. The third-order valence-corrected chi connectivity index (χ3v) is 5.38. The monoisotopic (exact) mass is 373 g/mol. The molecule has 0 aliphatic carbocycles. The lowest BCUT2D eigenvalue weighted by Gasteiger charge is -2.17. The SMILES string of the molecule is O/N=C\c1cccc(-c2c3ccccc3c(-c3ccccc3)c3ccccc23)c1. The third kappa shape index (κ3) is 2.95. The molecule has 0 bridgehead atoms. The molecular formula is C27H19NO. The summed E-state index contributed by atoms with van der Waals surface area (Å²) in [6.45, 7) is 0. The van der Waals surface area contributed by atoms with Crippen molar-refractivity contribution < 1.29 is 5.21 Å². The zero-order chi connectivity index (χ0) is 19.6. The summed E-state index contributed by atoms with van der Waals surface area (Å²) in [5.74, 6) is 0. The first-order chi connectivity index (χ1) is 14.4. The second kappa shape index (κ2) is 7.25. The Kier molecular flexibility index (Phi) is 4.30. The quantitative estimate of drug-likeness (QED) is 0.155. The van der Waals surface area contributed by atoms with Gasteiger partial charge < -0.3 is 5.21 Å². The average Bonchev–Trinajstić information content (AvgIpc) is 2.78. The molecule has 0 aromatic heterocycles. The van der Waals surface area contributed by atoms with E-state index in [-0.39, 0.29) is 0 Å². The maximum atomic E-state index is 8.96. The predicted octanol–water partition coefficient (Wildman–Crippen LogP) is 7.14. The van der Waals surface area contributed by atoms with Crippen LogP contribution in [0.25, 0.3) is 43.8 Å². The van der Waals surface area contributed by atoms with Crippen LogP contribution in [0.3, 0.4) is 0 Å². The fourth-order valence-electron chi connectivity index (χ4n) is 4.20. The minimum Gasteiger partial charge on any atom is -0.411 e. The first-order valence-electron chi connectivity index (χ1n) is 9.63. The summed E-state index contributed by atoms with van der Waals surface area (Å²) in [5, 5.41) is 17.0. The van der Waals surface area contributed by atoms with Crippen molar-refractivity contribution in [2.75, 3.05) is 0 Å². The van der Waals surface area contributed by atoms with E-state index < -0.39 is 0 Å². The molecule has 1 N–H and O–H groups in total. The van der Waals surface area contributed by atoms with Gasteiger partial charge >= 0.3 is 0 Å². The Bertz CT molecular complexity index is 1300. The van der Waals surface area contributed by atoms with Crippen LogP contribution < -0.4 is 0 Å². The summed E-state index contributed by atoms with van der Waals surface area (Å²) in [6.07, 6.45) is 1.46. The Balaban J connectivity index is 1.95. The van der Waals surface area contributed by atoms with E-state index in [0.717, 1.165) is 11.1 Å². The molecule has 0 saturated carbocycles. The molecule has 0 radical (unpaired) electrons. The van der Waals surface area contributed by atoms with E-state index in [4.69, 9.17) is 5.21 Å². The first kappa shape index (κ1) is 17.2. The minimum absolute atomic E-state index is 0.866. The van der Waals surface area contributed by atoms with Crippen molar-refractivity contribution in [2.45, 2.75) is 0 Å². The van der Waals surface area contributed by atoms with Crippen LogP contribution in [0.4, 0.5) is 0 Å². The van der Waals surface area contributed by atoms with Crippen molar-refractivity contribution in [3.63, 3.8) is 0 Å². The number of hydrogen-bond donors (Lipinski definition) is 1. The molecule has 0 amide bonds. The van der Waals surface area contributed by atoms with Crippen LogP contribution >= 0.6 is 0 Å². The number of hydrogen-bond acceptors (Lipinski definition) is 2. The highest BCUT2D eigenvalue weighted by atomic mass is 16.4. The topological polar surface area (TPSA) is 32.6 Å². The molecule has 0 unspecified atom stereocenters. The van der Waals surface area contributed by atoms with Gasteiger partial charge in [-0.15, -0.1) is 0 Å². The third-order valence-electron chi connectivity index (χ3n) is 5.38. The fraction of sp³-hybridized carbons (Fsp3) is 0. The molecule has 138 valence electrons. The van der Waals surface area contributed by atoms with Crippen LogP contribution in [-0.2, 0) is 0 Å². The van der Waals surface area contributed by atoms with Gasteiger partial charge in [-0.1, -0.05) is 102 Å². The summed E-state index contributed by atoms with van der Waals surface area (Å²) in [4.78, 5) is 0. The number of fused-ring (bicyclic) bond motifs is 2. The lowest BCUT2D eigenvalue weighted by atomic mass is 9.86. The Morgan fingerprint density at radius 2 is 1.00 bits per heavy atom. The van der Waals surface area contributed by atoms with Gasteiger partial charge in [0.2, 0.25) is 0 Å². The van der Waals surface area contributed by atoms with Crippen molar-refractivity contribution >= 4 is 27.8 Å². The van der Waals surface area contributed by atoms with Crippen LogP contribution in [0.5, 0.6) is 0 Å². The summed E-state index contributed by atoms with van der Waals surface area (Å²) in [7, 11) is 0. The van der Waals surface area contributed by atoms with Gasteiger partial charge in [0, 0.05) is 0 Å². The second-order valence-corrected chi connectivity index (χ2v) is 7.08. The van der Waals surface area contributed by atoms with E-state index in [1.54, 1.807) is 0 Å². The zero-order valence-electron chi connectivity index (χ0n) is 15.8. The molecule has 0 spiro atoms. The smallest absolute Gasteiger partial charge is 0.0734 e. The number of rotatable bonds is 3. The van der Waals surface area contributed by atoms with Crippen LogP contribution in [0.2, 0.25) is 0 Å². The van der Waals surface area contributed by atoms with Crippen molar-refractivity contribution in [3.05, 3.63) is 109 Å². The Hall–Kier alpha value is -3.91. The summed E-state index contributed by atoms with van der Waals surface area (Å²) < 4.78 is 0. The van der Waals surface area contributed by atoms with Crippen LogP contribution in [0.15, 0.2) is 108 Å². The lowest BCUT2D eigenvalue weighted by Crippen LogP contribution is -1.91. The van der Waals surface area contributed by atoms with Gasteiger partial charge in [-0.3, -0.25) is 0 Å². The van der Waals surface area contributed by atoms with Crippen LogP contribution in [0, 0.1) is 0 Å². The Morgan fingerprint density at radius 1 is 0.517 bits per heavy atom. The second-order valence-electron chi connectivity index (χ2n) is 7.08. The molecule has 0 saturated heterocycles. The average molecular weight is 373 g/mol. The number of nitrogens with zero attached hydrogens (tertiary/aromatic N) is 1. The first-order valence-corrected chi connectivity index (χ1v) is 9.63. The van der Waals surface area contributed by atoms with Gasteiger partial charge in [-0.05, 0) is 55.4 Å². The van der Waals surface area contributed by atoms with Crippen molar-refractivity contribution in [1.82, 2.24) is 0 Å². The molecule has 5 rings (SSSR count). The van der Waals surface area contributed by atoms with Gasteiger partial charge in [0.15, 0.2) is 0 Å². The molecule has 0 atom stereocenters. The highest BCUT2D eigenvalue weighted by Gasteiger charge is 2.16. The molecule has 29 heavy (non-hydrogen) atoms. The fourth-order valence-corrected chi connectivity index (χ4v) is 4.20. The van der Waals surface area contributed by atoms with Gasteiger partial charge in [0.05, 0.1) is 6.21 Å². The highest BCUT2D eigenvalue weighted by Crippen LogP contribution is 2.43. The highest BCUT2D eigenvalue weighted by molar-refractivity contribution is 6.21. The number of benzene rings is 5. The summed E-state index contributed by atoms with van der Waals surface area (Å²) >= 11 is 0. The van der Waals surface area contributed by atoms with Crippen LogP contribution in [-0.4, -0.2) is 11.4 Å². The van der Waals surface area contributed by atoms with E-state index in [1.807, 2.05) is 12.1 Å². The van der Waals surface area contributed by atoms with Gasteiger partial charge in [0.1, 0.15) is 0 Å². The van der Waals surface area contributed by atoms with Crippen molar-refractivity contribution in [2.24, 2.45) is 5.16 Å². The summed E-state index contributed by atoms with van der Waals surface area (Å²) in [5.41, 5.74) is 5.64. The van der Waals surface area contributed by atoms with E-state index in [2.05, 4.69) is 96.2 Å². The molecular weight excluding hydrogens is 354 g/mol. The maximum Gasteiger partial charge on any atom is 0.0734 e. The molecule has 5 aromatic rings. The molecule has 0 fully saturated rings. The molecule has 2 nitrogen and oxygen atoms in total. The predicted molar refractivity (Wildman–Crippen MR) is 122 cm³/mol. The molecule has 5 aromatic carbocycles. The molecule has 0 aliphatic rings. The Morgan fingerprint density at radius 3 is 1.55 bits per heavy atom. The standard InChI is InChI=1S/C27H19NO/c29-28-18-19-9-8-12-21(17-19)27-24-15-6-4-13-22(24)26(20-10-2-1-3-11-20)23-14-5-7-16-25(23)27/h1-18,29H/b28-18-. The molecule has 2 heteroatoms. The largest absolute Gasteiger partial charge is 0.411 e. The minimum atomic E-state index is 0.866. The van der Waals surface area contributed by atoms with Crippen molar-refractivity contribution in [1.29, 1.82) is 0 Å². The van der Waals surface area contributed by atoms with E-state index in [1.165, 1.54) is 44.4 Å². The lowest BCUT2D eigenvalue weighted by molar-refractivity contribution is 0.322. The summed E-state index contributed by atoms with van der Waals surface area (Å²) in [6, 6.07) is 35.9. The molecule has 0 heterocycles. The van der Waals surface area contributed by atoms with E-state index >= 15 is 0 Å². The maximum absolute atomic E-state index is 8.96. The van der Waals surface area contributed by atoms with Gasteiger partial charge in [-0.2, -0.15) is 0 Å². The van der Waals surface area contributed by atoms with Crippen LogP contribution in [0.1, 0.15) is 5.56 Å². The zero-order valence-corrected chi connectivity index (χ0v) is 15.8. The van der Waals surface area contributed by atoms with E-state index in [0.29, 0.717) is 0 Å². The number of oxime groups is 1. The normalized spacial score (nSPS) is 11.4. The van der Waals surface area contributed by atoms with Crippen molar-refractivity contribution in [3.8, 4) is 22.3 Å².